The molecule has 1 aromatic carbocycles. The maximum absolute atomic E-state index is 6.00. The molecular formula is C16H20OSi. The molecule has 18 heavy (non-hydrogen) atoms. The van der Waals surface area contributed by atoms with Gasteiger partial charge in [-0.25, -0.2) is 0 Å². The summed E-state index contributed by atoms with van der Waals surface area (Å²) in [5.41, 5.74) is 0. The SMILES string of the molecule is C[Si](C)(COC1=CC=CC=CC1)c1ccccc1. The molecule has 0 aliphatic heterocycles. The van der Waals surface area contributed by atoms with Gasteiger partial charge in [-0.1, -0.05) is 72.9 Å². The van der Waals surface area contributed by atoms with Gasteiger partial charge in [0.2, 0.25) is 0 Å². The molecule has 0 saturated carbocycles. The monoisotopic (exact) mass is 256 g/mol. The summed E-state index contributed by atoms with van der Waals surface area (Å²) in [7, 11) is -1.49. The molecule has 1 aromatic rings. The van der Waals surface area contributed by atoms with Gasteiger partial charge in [-0.05, 0) is 6.08 Å². The molecule has 1 aliphatic carbocycles. The zero-order valence-electron chi connectivity index (χ0n) is 11.1. The number of hydrogen-bond donors (Lipinski definition) is 0. The summed E-state index contributed by atoms with van der Waals surface area (Å²) in [6.45, 7) is 4.70. The van der Waals surface area contributed by atoms with Crippen molar-refractivity contribution in [3.8, 4) is 0 Å². The molecule has 1 nitrogen and oxygen atoms in total. The van der Waals surface area contributed by atoms with Gasteiger partial charge < -0.3 is 4.74 Å². The molecule has 0 atom stereocenters. The molecule has 94 valence electrons. The van der Waals surface area contributed by atoms with E-state index >= 15 is 0 Å². The Labute approximate surface area is 111 Å². The lowest BCUT2D eigenvalue weighted by molar-refractivity contribution is 0.256. The summed E-state index contributed by atoms with van der Waals surface area (Å²) in [5, 5.41) is 1.45. The summed E-state index contributed by atoms with van der Waals surface area (Å²) in [6.07, 6.45) is 12.1. The molecule has 0 bridgehead atoms. The summed E-state index contributed by atoms with van der Waals surface area (Å²) < 4.78 is 6.00. The molecule has 0 saturated heterocycles. The first-order valence-electron chi connectivity index (χ1n) is 6.39. The van der Waals surface area contributed by atoms with Crippen LogP contribution in [0.2, 0.25) is 13.1 Å². The maximum atomic E-state index is 6.00. The lowest BCUT2D eigenvalue weighted by Gasteiger charge is -2.23. The van der Waals surface area contributed by atoms with E-state index in [9.17, 15) is 0 Å². The van der Waals surface area contributed by atoms with Crippen LogP contribution in [0, 0.1) is 0 Å². The van der Waals surface area contributed by atoms with Gasteiger partial charge in [0.1, 0.15) is 8.07 Å². The van der Waals surface area contributed by atoms with Gasteiger partial charge in [0, 0.05) is 6.42 Å². The van der Waals surface area contributed by atoms with E-state index in [0.717, 1.165) is 18.4 Å². The van der Waals surface area contributed by atoms with Crippen LogP contribution in [0.5, 0.6) is 0 Å². The number of rotatable bonds is 4. The molecule has 0 unspecified atom stereocenters. The Kier molecular flexibility index (Phi) is 4.21. The molecule has 0 heterocycles. The van der Waals surface area contributed by atoms with Crippen molar-refractivity contribution in [2.45, 2.75) is 19.5 Å². The van der Waals surface area contributed by atoms with Crippen molar-refractivity contribution in [2.75, 3.05) is 6.23 Å². The third-order valence-electron chi connectivity index (χ3n) is 3.13. The second-order valence-corrected chi connectivity index (χ2v) is 9.82. The summed E-state index contributed by atoms with van der Waals surface area (Å²) in [5.74, 6) is 1.07. The van der Waals surface area contributed by atoms with Gasteiger partial charge in [-0.2, -0.15) is 0 Å². The quantitative estimate of drug-likeness (QED) is 0.749. The molecule has 0 radical (unpaired) electrons. The molecular weight excluding hydrogens is 236 g/mol. The average Bonchev–Trinajstić information content (AvgIpc) is 2.66. The fraction of sp³-hybridized carbons (Fsp3) is 0.250. The molecule has 2 heteroatoms. The summed E-state index contributed by atoms with van der Waals surface area (Å²) in [4.78, 5) is 0. The zero-order chi connectivity index (χ0) is 12.8. The van der Waals surface area contributed by atoms with Crippen molar-refractivity contribution < 1.29 is 4.74 Å². The van der Waals surface area contributed by atoms with E-state index < -0.39 is 8.07 Å². The van der Waals surface area contributed by atoms with Crippen LogP contribution in [0.25, 0.3) is 0 Å². The number of benzene rings is 1. The fourth-order valence-corrected chi connectivity index (χ4v) is 3.72. The number of hydrogen-bond acceptors (Lipinski definition) is 1. The van der Waals surface area contributed by atoms with E-state index in [2.05, 4.69) is 61.7 Å². The predicted molar refractivity (Wildman–Crippen MR) is 80.5 cm³/mol. The van der Waals surface area contributed by atoms with E-state index in [4.69, 9.17) is 4.74 Å². The maximum Gasteiger partial charge on any atom is 0.124 e. The Balaban J connectivity index is 1.99. The third-order valence-corrected chi connectivity index (χ3v) is 5.90. The minimum Gasteiger partial charge on any atom is -0.501 e. The van der Waals surface area contributed by atoms with E-state index in [-0.39, 0.29) is 0 Å². The van der Waals surface area contributed by atoms with Crippen LogP contribution in [0.3, 0.4) is 0 Å². The van der Waals surface area contributed by atoms with Gasteiger partial charge in [0.25, 0.3) is 0 Å². The highest BCUT2D eigenvalue weighted by molar-refractivity contribution is 6.89. The average molecular weight is 256 g/mol. The highest BCUT2D eigenvalue weighted by Crippen LogP contribution is 2.12. The van der Waals surface area contributed by atoms with Crippen molar-refractivity contribution in [1.29, 1.82) is 0 Å². The minimum atomic E-state index is -1.49. The highest BCUT2D eigenvalue weighted by atomic mass is 28.3. The molecule has 0 spiro atoms. The van der Waals surface area contributed by atoms with E-state index in [0.29, 0.717) is 0 Å². The van der Waals surface area contributed by atoms with Crippen molar-refractivity contribution in [2.24, 2.45) is 0 Å². The van der Waals surface area contributed by atoms with Crippen LogP contribution in [0.15, 0.2) is 66.5 Å². The lowest BCUT2D eigenvalue weighted by atomic mass is 10.3. The Morgan fingerprint density at radius 1 is 1.06 bits per heavy atom. The molecule has 0 N–H and O–H groups in total. The Morgan fingerprint density at radius 3 is 2.61 bits per heavy atom. The van der Waals surface area contributed by atoms with Gasteiger partial charge in [-0.3, -0.25) is 0 Å². The van der Waals surface area contributed by atoms with Crippen LogP contribution in [-0.2, 0) is 4.74 Å². The fourth-order valence-electron chi connectivity index (χ4n) is 1.91. The van der Waals surface area contributed by atoms with Gasteiger partial charge >= 0.3 is 0 Å². The van der Waals surface area contributed by atoms with Crippen LogP contribution < -0.4 is 5.19 Å². The first-order valence-corrected chi connectivity index (χ1v) is 9.60. The largest absolute Gasteiger partial charge is 0.501 e. The lowest BCUT2D eigenvalue weighted by Crippen LogP contribution is -2.46. The second kappa shape index (κ2) is 5.87. The molecule has 0 amide bonds. The van der Waals surface area contributed by atoms with E-state index in [1.807, 2.05) is 12.2 Å². The van der Waals surface area contributed by atoms with Crippen molar-refractivity contribution in [3.63, 3.8) is 0 Å². The smallest absolute Gasteiger partial charge is 0.124 e. The Hall–Kier alpha value is -1.54. The van der Waals surface area contributed by atoms with Crippen molar-refractivity contribution >= 4 is 13.3 Å². The first kappa shape index (κ1) is 12.9. The summed E-state index contributed by atoms with van der Waals surface area (Å²) >= 11 is 0. The first-order chi connectivity index (χ1) is 8.68. The van der Waals surface area contributed by atoms with E-state index in [1.165, 1.54) is 5.19 Å². The predicted octanol–water partition coefficient (Wildman–Crippen LogP) is 3.56. The van der Waals surface area contributed by atoms with E-state index in [1.54, 1.807) is 0 Å². The van der Waals surface area contributed by atoms with Gasteiger partial charge in [-0.15, -0.1) is 0 Å². The normalized spacial score (nSPS) is 15.1. The Bertz CT molecular complexity index is 469. The number of ether oxygens (including phenoxy) is 1. The van der Waals surface area contributed by atoms with Crippen molar-refractivity contribution in [1.82, 2.24) is 0 Å². The molecule has 0 fully saturated rings. The topological polar surface area (TPSA) is 9.23 Å². The molecule has 0 aromatic heterocycles. The third kappa shape index (κ3) is 3.47. The summed E-state index contributed by atoms with van der Waals surface area (Å²) in [6, 6.07) is 10.7. The van der Waals surface area contributed by atoms with Gasteiger partial charge in [0.05, 0.1) is 12.0 Å². The van der Waals surface area contributed by atoms with Crippen LogP contribution in [0.4, 0.5) is 0 Å². The van der Waals surface area contributed by atoms with Crippen LogP contribution >= 0.6 is 0 Å². The Morgan fingerprint density at radius 2 is 1.83 bits per heavy atom. The standard InChI is InChI=1S/C16H20OSi/c1-18(2,16-12-8-5-9-13-16)14-17-15-10-6-3-4-7-11-15/h3-10,12-13H,11,14H2,1-2H3. The van der Waals surface area contributed by atoms with Gasteiger partial charge in [0.15, 0.2) is 0 Å². The molecule has 1 aliphatic rings. The molecule has 2 rings (SSSR count). The minimum absolute atomic E-state index is 0.838. The second-order valence-electron chi connectivity index (χ2n) is 5.19. The number of allylic oxidation sites excluding steroid dienone is 5. The van der Waals surface area contributed by atoms with Crippen molar-refractivity contribution in [3.05, 3.63) is 66.5 Å². The van der Waals surface area contributed by atoms with Crippen LogP contribution in [0.1, 0.15) is 6.42 Å². The zero-order valence-corrected chi connectivity index (χ0v) is 12.1. The van der Waals surface area contributed by atoms with Crippen LogP contribution in [-0.4, -0.2) is 14.3 Å². The highest BCUT2D eigenvalue weighted by Gasteiger charge is 2.24.